The molecule has 0 amide bonds. The number of hydrogen-bond donors (Lipinski definition) is 1. The molecule has 112 valence electrons. The van der Waals surface area contributed by atoms with E-state index in [9.17, 15) is 5.11 Å². The van der Waals surface area contributed by atoms with E-state index in [0.717, 1.165) is 17.8 Å². The molecule has 0 aliphatic heterocycles. The summed E-state index contributed by atoms with van der Waals surface area (Å²) in [5, 5.41) is 9.58. The second-order valence-corrected chi connectivity index (χ2v) is 6.58. The summed E-state index contributed by atoms with van der Waals surface area (Å²) in [5.74, 6) is 3.05. The number of phenols is 1. The van der Waals surface area contributed by atoms with Gasteiger partial charge >= 0.3 is 0 Å². The molecule has 1 N–H and O–H groups in total. The van der Waals surface area contributed by atoms with E-state index in [1.54, 1.807) is 0 Å². The van der Waals surface area contributed by atoms with E-state index in [1.165, 1.54) is 56.1 Å². The summed E-state index contributed by atoms with van der Waals surface area (Å²) in [6, 6.07) is 6.04. The van der Waals surface area contributed by atoms with Crippen molar-refractivity contribution >= 4 is 0 Å². The Balaban J connectivity index is 0.000000452. The number of aryl methyl sites for hydroxylation is 1. The van der Waals surface area contributed by atoms with Gasteiger partial charge in [-0.15, -0.1) is 0 Å². The van der Waals surface area contributed by atoms with Crippen LogP contribution in [-0.4, -0.2) is 5.11 Å². The zero-order chi connectivity index (χ0) is 14.5. The van der Waals surface area contributed by atoms with Crippen LogP contribution in [0.3, 0.4) is 0 Å². The fraction of sp³-hybridized carbons (Fsp3) is 0.684. The van der Waals surface area contributed by atoms with E-state index in [0.29, 0.717) is 5.75 Å². The largest absolute Gasteiger partial charge is 0.508 e. The molecule has 1 nitrogen and oxygen atoms in total. The van der Waals surface area contributed by atoms with Gasteiger partial charge in [-0.1, -0.05) is 46.1 Å². The van der Waals surface area contributed by atoms with Gasteiger partial charge in [-0.2, -0.15) is 0 Å². The molecule has 2 aliphatic carbocycles. The van der Waals surface area contributed by atoms with Crippen molar-refractivity contribution in [1.82, 2.24) is 0 Å². The first-order valence-electron chi connectivity index (χ1n) is 8.51. The van der Waals surface area contributed by atoms with E-state index >= 15 is 0 Å². The van der Waals surface area contributed by atoms with Crippen LogP contribution in [0, 0.1) is 11.8 Å². The van der Waals surface area contributed by atoms with E-state index in [4.69, 9.17) is 0 Å². The van der Waals surface area contributed by atoms with Crippen LogP contribution >= 0.6 is 0 Å². The number of benzene rings is 1. The lowest BCUT2D eigenvalue weighted by atomic mass is 9.65. The third-order valence-corrected chi connectivity index (χ3v) is 4.99. The number of fused-ring (bicyclic) bond motifs is 3. The fourth-order valence-electron chi connectivity index (χ4n) is 3.93. The highest BCUT2D eigenvalue weighted by atomic mass is 16.3. The van der Waals surface area contributed by atoms with E-state index < -0.39 is 0 Å². The van der Waals surface area contributed by atoms with Gasteiger partial charge in [0.15, 0.2) is 0 Å². The third kappa shape index (κ3) is 3.37. The maximum absolute atomic E-state index is 9.58. The van der Waals surface area contributed by atoms with Crippen molar-refractivity contribution in [3.05, 3.63) is 29.3 Å². The van der Waals surface area contributed by atoms with E-state index in [2.05, 4.69) is 26.8 Å². The Hall–Kier alpha value is -0.980. The molecule has 0 spiro atoms. The summed E-state index contributed by atoms with van der Waals surface area (Å²) < 4.78 is 0. The topological polar surface area (TPSA) is 20.2 Å². The number of rotatable bonds is 1. The van der Waals surface area contributed by atoms with Crippen LogP contribution in [0.5, 0.6) is 5.75 Å². The molecule has 3 atom stereocenters. The van der Waals surface area contributed by atoms with Gasteiger partial charge in [0.2, 0.25) is 0 Å². The second kappa shape index (κ2) is 7.15. The molecule has 1 aromatic carbocycles. The van der Waals surface area contributed by atoms with Crippen LogP contribution in [0.4, 0.5) is 0 Å². The predicted molar refractivity (Wildman–Crippen MR) is 86.3 cm³/mol. The van der Waals surface area contributed by atoms with Gasteiger partial charge in [0, 0.05) is 0 Å². The minimum absolute atomic E-state index is 0.435. The van der Waals surface area contributed by atoms with Crippen molar-refractivity contribution in [3.8, 4) is 5.75 Å². The monoisotopic (exact) mass is 274 g/mol. The lowest BCUT2D eigenvalue weighted by Gasteiger charge is -2.40. The minimum atomic E-state index is 0.435. The van der Waals surface area contributed by atoms with Crippen LogP contribution in [0.25, 0.3) is 0 Å². The molecule has 0 aromatic heterocycles. The summed E-state index contributed by atoms with van der Waals surface area (Å²) in [7, 11) is 0. The van der Waals surface area contributed by atoms with Gasteiger partial charge in [-0.25, -0.2) is 0 Å². The lowest BCUT2D eigenvalue weighted by molar-refractivity contribution is 0.210. The molecule has 0 radical (unpaired) electrons. The minimum Gasteiger partial charge on any atom is -0.508 e. The van der Waals surface area contributed by atoms with Crippen molar-refractivity contribution in [3.63, 3.8) is 0 Å². The van der Waals surface area contributed by atoms with Crippen molar-refractivity contribution in [2.75, 3.05) is 0 Å². The Labute approximate surface area is 124 Å². The van der Waals surface area contributed by atoms with Gasteiger partial charge in [-0.05, 0) is 66.7 Å². The molecule has 1 fully saturated rings. The van der Waals surface area contributed by atoms with Crippen molar-refractivity contribution in [2.45, 2.75) is 71.6 Å². The quantitative estimate of drug-likeness (QED) is 0.700. The standard InChI is InChI=1S/C16H22O.C3H8/c1-2-11-3-4-12-5-6-13-10-14(17)7-8-15(13)16(12)9-11;1-3-2/h7-8,10-12,16-17H,2-6,9H2,1H3;3H2,1-2H3. The number of phenolic OH excluding ortho intramolecular Hbond substituents is 1. The Morgan fingerprint density at radius 2 is 1.85 bits per heavy atom. The lowest BCUT2D eigenvalue weighted by Crippen LogP contribution is -2.27. The molecule has 1 heteroatoms. The summed E-state index contributed by atoms with van der Waals surface area (Å²) in [6.45, 7) is 6.57. The molecule has 1 saturated carbocycles. The second-order valence-electron chi connectivity index (χ2n) is 6.58. The van der Waals surface area contributed by atoms with Gasteiger partial charge < -0.3 is 5.11 Å². The van der Waals surface area contributed by atoms with Crippen LogP contribution in [-0.2, 0) is 6.42 Å². The molecule has 2 aliphatic rings. The maximum Gasteiger partial charge on any atom is 0.115 e. The van der Waals surface area contributed by atoms with Gasteiger partial charge in [-0.3, -0.25) is 0 Å². The molecular weight excluding hydrogens is 244 g/mol. The van der Waals surface area contributed by atoms with Crippen molar-refractivity contribution in [1.29, 1.82) is 0 Å². The van der Waals surface area contributed by atoms with Crippen LogP contribution < -0.4 is 0 Å². The van der Waals surface area contributed by atoms with Gasteiger partial charge in [0.25, 0.3) is 0 Å². The summed E-state index contributed by atoms with van der Waals surface area (Å²) in [4.78, 5) is 0. The Kier molecular flexibility index (Phi) is 5.51. The van der Waals surface area contributed by atoms with Gasteiger partial charge in [0.1, 0.15) is 5.75 Å². The first kappa shape index (κ1) is 15.4. The van der Waals surface area contributed by atoms with E-state index in [1.807, 2.05) is 12.1 Å². The molecule has 0 saturated heterocycles. The predicted octanol–water partition coefficient (Wildman–Crippen LogP) is 5.66. The molecule has 3 rings (SSSR count). The first-order valence-corrected chi connectivity index (χ1v) is 8.51. The molecule has 20 heavy (non-hydrogen) atoms. The number of hydrogen-bond acceptors (Lipinski definition) is 1. The van der Waals surface area contributed by atoms with Crippen LogP contribution in [0.1, 0.15) is 76.3 Å². The molecule has 1 aromatic rings. The SMILES string of the molecule is CCC.CCC1CCC2CCc3cc(O)ccc3C2C1. The fourth-order valence-corrected chi connectivity index (χ4v) is 3.93. The normalized spacial score (nSPS) is 27.9. The van der Waals surface area contributed by atoms with E-state index in [-0.39, 0.29) is 0 Å². The molecule has 3 unspecified atom stereocenters. The smallest absolute Gasteiger partial charge is 0.115 e. The first-order chi connectivity index (χ1) is 9.69. The Bertz CT molecular complexity index is 424. The van der Waals surface area contributed by atoms with Crippen molar-refractivity contribution < 1.29 is 5.11 Å². The zero-order valence-electron chi connectivity index (χ0n) is 13.4. The zero-order valence-corrected chi connectivity index (χ0v) is 13.4. The summed E-state index contributed by atoms with van der Waals surface area (Å²) >= 11 is 0. The van der Waals surface area contributed by atoms with Crippen molar-refractivity contribution in [2.24, 2.45) is 11.8 Å². The maximum atomic E-state index is 9.58. The summed E-state index contributed by atoms with van der Waals surface area (Å²) in [5.41, 5.74) is 2.94. The highest BCUT2D eigenvalue weighted by Crippen LogP contribution is 2.48. The third-order valence-electron chi connectivity index (χ3n) is 4.99. The Morgan fingerprint density at radius 1 is 1.10 bits per heavy atom. The average Bonchev–Trinajstić information content (AvgIpc) is 2.47. The number of aromatic hydroxyl groups is 1. The highest BCUT2D eigenvalue weighted by molar-refractivity contribution is 5.39. The van der Waals surface area contributed by atoms with Crippen LogP contribution in [0.15, 0.2) is 18.2 Å². The van der Waals surface area contributed by atoms with Crippen LogP contribution in [0.2, 0.25) is 0 Å². The molecule has 0 bridgehead atoms. The average molecular weight is 274 g/mol. The summed E-state index contributed by atoms with van der Waals surface area (Å²) in [6.07, 6.45) is 9.31. The molecular formula is C19H30O. The Morgan fingerprint density at radius 3 is 2.55 bits per heavy atom. The van der Waals surface area contributed by atoms with Gasteiger partial charge in [0.05, 0.1) is 0 Å². The molecule has 0 heterocycles. The highest BCUT2D eigenvalue weighted by Gasteiger charge is 2.34.